The zero-order valence-electron chi connectivity index (χ0n) is 18.8. The molecule has 1 aromatic heterocycles. The molecule has 10 heteroatoms. The summed E-state index contributed by atoms with van der Waals surface area (Å²) in [6.45, 7) is 2.95. The van der Waals surface area contributed by atoms with Crippen LogP contribution in [0.2, 0.25) is 0 Å². The molecule has 10 nitrogen and oxygen atoms in total. The maximum absolute atomic E-state index is 11.5. The van der Waals surface area contributed by atoms with Gasteiger partial charge in [-0.3, -0.25) is 5.43 Å². The summed E-state index contributed by atoms with van der Waals surface area (Å²) in [7, 11) is 1.34. The molecular formula is C23H28N8O2. The number of unbranched alkanes of at least 4 members (excludes halogenated alkanes) is 1. The van der Waals surface area contributed by atoms with E-state index in [0.29, 0.717) is 12.4 Å². The molecule has 1 aliphatic rings. The van der Waals surface area contributed by atoms with E-state index in [1.807, 2.05) is 22.9 Å². The number of nitrogens with zero attached hydrogens (tertiary/aromatic N) is 4. The van der Waals surface area contributed by atoms with E-state index in [9.17, 15) is 4.79 Å². The van der Waals surface area contributed by atoms with Crippen LogP contribution in [0.1, 0.15) is 42.5 Å². The third-order valence-corrected chi connectivity index (χ3v) is 5.31. The summed E-state index contributed by atoms with van der Waals surface area (Å²) in [6.07, 6.45) is 2.41. The molecule has 3 aromatic rings. The van der Waals surface area contributed by atoms with Gasteiger partial charge in [0.15, 0.2) is 11.7 Å². The number of carbonyl (C=O) groups is 1. The van der Waals surface area contributed by atoms with Crippen LogP contribution in [0, 0.1) is 0 Å². The molecule has 0 radical (unpaired) electrons. The molecule has 0 saturated carbocycles. The standard InChI is InChI=1S/C23H28N8O2/c1-3-4-9-20-25-21(14-24-23(32)33-2)31(28-20)15-16-10-12-17(13-11-16)18-7-5-6-8-19(18)22-26-29-30-27-22/h5-8,10-13,29-30H,3-4,9,14-15H2,1-2H3,(H,24,32)(H,26,27). The van der Waals surface area contributed by atoms with Crippen molar-refractivity contribution in [1.82, 2.24) is 36.6 Å². The summed E-state index contributed by atoms with van der Waals surface area (Å²) in [4.78, 5) is 16.1. The van der Waals surface area contributed by atoms with E-state index >= 15 is 0 Å². The Hall–Kier alpha value is -3.92. The number of rotatable bonds is 9. The lowest BCUT2D eigenvalue weighted by Crippen LogP contribution is -2.35. The van der Waals surface area contributed by atoms with Crippen LogP contribution in [-0.4, -0.2) is 33.8 Å². The lowest BCUT2D eigenvalue weighted by atomic mass is 9.98. The van der Waals surface area contributed by atoms with Crippen molar-refractivity contribution in [2.24, 2.45) is 5.10 Å². The topological polar surface area (TPSA) is 117 Å². The highest BCUT2D eigenvalue weighted by Crippen LogP contribution is 2.25. The Morgan fingerprint density at radius 2 is 1.91 bits per heavy atom. The van der Waals surface area contributed by atoms with E-state index in [4.69, 9.17) is 0 Å². The second kappa shape index (κ2) is 10.6. The van der Waals surface area contributed by atoms with Gasteiger partial charge in [-0.25, -0.2) is 20.0 Å². The van der Waals surface area contributed by atoms with Crippen LogP contribution in [0.25, 0.3) is 11.1 Å². The highest BCUT2D eigenvalue weighted by Gasteiger charge is 2.15. The minimum absolute atomic E-state index is 0.258. The number of hydrazone groups is 1. The smallest absolute Gasteiger partial charge is 0.407 e. The molecule has 172 valence electrons. The number of nitrogens with one attached hydrogen (secondary N) is 4. The number of aryl methyl sites for hydroxylation is 1. The number of hydrogen-bond acceptors (Lipinski definition) is 8. The molecule has 33 heavy (non-hydrogen) atoms. The fraction of sp³-hybridized carbons (Fsp3) is 0.304. The van der Waals surface area contributed by atoms with Crippen molar-refractivity contribution in [2.45, 2.75) is 39.3 Å². The van der Waals surface area contributed by atoms with Gasteiger partial charge in [0.05, 0.1) is 20.2 Å². The van der Waals surface area contributed by atoms with E-state index in [1.54, 1.807) is 0 Å². The lowest BCUT2D eigenvalue weighted by molar-refractivity contribution is 0.170. The molecule has 4 rings (SSSR count). The number of amidine groups is 1. The van der Waals surface area contributed by atoms with E-state index in [0.717, 1.165) is 53.2 Å². The summed E-state index contributed by atoms with van der Waals surface area (Å²) in [5, 5.41) is 11.6. The first kappa shape index (κ1) is 22.3. The van der Waals surface area contributed by atoms with Crippen LogP contribution >= 0.6 is 0 Å². The normalized spacial score (nSPS) is 12.6. The van der Waals surface area contributed by atoms with Crippen LogP contribution in [0.3, 0.4) is 0 Å². The van der Waals surface area contributed by atoms with Crippen LogP contribution in [0.4, 0.5) is 4.79 Å². The van der Waals surface area contributed by atoms with Crippen molar-refractivity contribution in [1.29, 1.82) is 0 Å². The summed E-state index contributed by atoms with van der Waals surface area (Å²) >= 11 is 0. The highest BCUT2D eigenvalue weighted by atomic mass is 16.5. The number of hydrazine groups is 2. The second-order valence-corrected chi connectivity index (χ2v) is 7.62. The van der Waals surface area contributed by atoms with Gasteiger partial charge >= 0.3 is 6.09 Å². The van der Waals surface area contributed by atoms with Crippen LogP contribution in [0.15, 0.2) is 53.6 Å². The SMILES string of the molecule is CCCCc1nc(CNC(=O)OC)n(Cc2ccc(-c3ccccc3C3=NNNN3)cc2)n1. The van der Waals surface area contributed by atoms with E-state index in [-0.39, 0.29) is 6.54 Å². The first-order valence-electron chi connectivity index (χ1n) is 10.9. The number of benzene rings is 2. The molecule has 0 fully saturated rings. The number of carbonyl (C=O) groups excluding carboxylic acids is 1. The zero-order valence-corrected chi connectivity index (χ0v) is 18.8. The average Bonchev–Trinajstić information content (AvgIpc) is 3.52. The molecule has 0 aliphatic carbocycles. The van der Waals surface area contributed by atoms with Gasteiger partial charge in [-0.15, -0.1) is 10.6 Å². The molecule has 0 saturated heterocycles. The zero-order chi connectivity index (χ0) is 23.0. The predicted octanol–water partition coefficient (Wildman–Crippen LogP) is 2.47. The number of ether oxygens (including phenoxy) is 1. The summed E-state index contributed by atoms with van der Waals surface area (Å²) < 4.78 is 6.52. The molecule has 0 spiro atoms. The van der Waals surface area contributed by atoms with Gasteiger partial charge in [0.2, 0.25) is 0 Å². The fourth-order valence-electron chi connectivity index (χ4n) is 3.58. The van der Waals surface area contributed by atoms with Crippen LogP contribution < -0.4 is 21.8 Å². The number of alkyl carbamates (subject to hydrolysis) is 1. The maximum Gasteiger partial charge on any atom is 0.407 e. The van der Waals surface area contributed by atoms with Gasteiger partial charge in [0.25, 0.3) is 0 Å². The molecule has 1 aliphatic heterocycles. The third-order valence-electron chi connectivity index (χ3n) is 5.31. The Labute approximate surface area is 192 Å². The van der Waals surface area contributed by atoms with Crippen molar-refractivity contribution in [3.05, 3.63) is 71.3 Å². The minimum atomic E-state index is -0.491. The third kappa shape index (κ3) is 5.47. The summed E-state index contributed by atoms with van der Waals surface area (Å²) in [5.74, 6) is 2.22. The lowest BCUT2D eigenvalue weighted by Gasteiger charge is -2.11. The average molecular weight is 449 g/mol. The van der Waals surface area contributed by atoms with Gasteiger partial charge in [-0.05, 0) is 23.1 Å². The number of aromatic nitrogens is 3. The Balaban J connectivity index is 1.53. The van der Waals surface area contributed by atoms with E-state index in [2.05, 4.69) is 79.0 Å². The maximum atomic E-state index is 11.5. The van der Waals surface area contributed by atoms with Crippen molar-refractivity contribution >= 4 is 11.9 Å². The first-order valence-corrected chi connectivity index (χ1v) is 10.9. The summed E-state index contributed by atoms with van der Waals surface area (Å²) in [6, 6.07) is 16.4. The molecule has 0 unspecified atom stereocenters. The molecule has 0 bridgehead atoms. The Kier molecular flexibility index (Phi) is 7.16. The van der Waals surface area contributed by atoms with Gasteiger partial charge in [0, 0.05) is 12.0 Å². The molecule has 0 atom stereocenters. The molecule has 1 amide bonds. The van der Waals surface area contributed by atoms with Gasteiger partial charge < -0.3 is 10.1 Å². The fourth-order valence-corrected chi connectivity index (χ4v) is 3.58. The van der Waals surface area contributed by atoms with Gasteiger partial charge in [-0.1, -0.05) is 61.9 Å². The Bertz CT molecular complexity index is 1120. The number of amides is 1. The molecule has 2 heterocycles. The largest absolute Gasteiger partial charge is 0.453 e. The highest BCUT2D eigenvalue weighted by molar-refractivity contribution is 6.04. The predicted molar refractivity (Wildman–Crippen MR) is 125 cm³/mol. The van der Waals surface area contributed by atoms with Gasteiger partial charge in [-0.2, -0.15) is 5.10 Å². The molecule has 2 aromatic carbocycles. The minimum Gasteiger partial charge on any atom is -0.453 e. The van der Waals surface area contributed by atoms with E-state index < -0.39 is 6.09 Å². The van der Waals surface area contributed by atoms with Crippen molar-refractivity contribution < 1.29 is 9.53 Å². The molecule has 4 N–H and O–H groups in total. The Morgan fingerprint density at radius 3 is 2.61 bits per heavy atom. The quantitative estimate of drug-likeness (QED) is 0.397. The molecular weight excluding hydrogens is 420 g/mol. The van der Waals surface area contributed by atoms with Crippen LogP contribution in [-0.2, 0) is 24.2 Å². The summed E-state index contributed by atoms with van der Waals surface area (Å²) in [5.41, 5.74) is 12.7. The number of methoxy groups -OCH3 is 1. The first-order chi connectivity index (χ1) is 16.2. The van der Waals surface area contributed by atoms with Crippen LogP contribution in [0.5, 0.6) is 0 Å². The number of hydrogen-bond donors (Lipinski definition) is 4. The van der Waals surface area contributed by atoms with Crippen molar-refractivity contribution in [3.63, 3.8) is 0 Å². The second-order valence-electron chi connectivity index (χ2n) is 7.62. The monoisotopic (exact) mass is 448 g/mol. The van der Waals surface area contributed by atoms with E-state index in [1.165, 1.54) is 7.11 Å². The van der Waals surface area contributed by atoms with Crippen molar-refractivity contribution in [2.75, 3.05) is 7.11 Å². The van der Waals surface area contributed by atoms with Gasteiger partial charge in [0.1, 0.15) is 5.82 Å². The Morgan fingerprint density at radius 1 is 1.12 bits per heavy atom. The van der Waals surface area contributed by atoms with Crippen molar-refractivity contribution in [3.8, 4) is 11.1 Å².